The van der Waals surface area contributed by atoms with Crippen molar-refractivity contribution >= 4 is 11.8 Å². The predicted molar refractivity (Wildman–Crippen MR) is 111 cm³/mol. The molecule has 0 spiro atoms. The molecule has 4 rings (SSSR count). The van der Waals surface area contributed by atoms with E-state index in [9.17, 15) is 9.59 Å². The molecule has 154 valence electrons. The molecule has 1 aromatic heterocycles. The van der Waals surface area contributed by atoms with Crippen LogP contribution in [-0.4, -0.2) is 38.6 Å². The molecule has 2 aliphatic heterocycles. The third-order valence-electron chi connectivity index (χ3n) is 6.74. The smallest absolute Gasteiger partial charge is 0.228 e. The number of carbonyl (C=O) groups excluding carboxylic acids is 2. The summed E-state index contributed by atoms with van der Waals surface area (Å²) in [5.41, 5.74) is 0.650. The van der Waals surface area contributed by atoms with E-state index in [1.807, 2.05) is 47.3 Å². The van der Waals surface area contributed by atoms with Gasteiger partial charge in [0.2, 0.25) is 11.8 Å². The number of aryl methyl sites for hydroxylation is 1. The fourth-order valence-corrected chi connectivity index (χ4v) is 5.25. The molecule has 1 aromatic carbocycles. The lowest BCUT2D eigenvalue weighted by Gasteiger charge is -2.35. The first-order valence-corrected chi connectivity index (χ1v) is 10.7. The van der Waals surface area contributed by atoms with Crippen molar-refractivity contribution in [3.8, 4) is 0 Å². The summed E-state index contributed by atoms with van der Waals surface area (Å²) in [4.78, 5) is 28.3. The van der Waals surface area contributed by atoms with E-state index in [1.165, 1.54) is 0 Å². The SMILES string of the molecule is CC[C@@]1(C(=O)NCc2ccccc2)C[C@@H]2CC[C@H]1N2C(=O)CCCn1cccn1. The summed E-state index contributed by atoms with van der Waals surface area (Å²) < 4.78 is 1.86. The highest BCUT2D eigenvalue weighted by Gasteiger charge is 2.59. The standard InChI is InChI=1S/C23H30N4O2/c1-2-23(22(29)24-17-18-8-4-3-5-9-18)16-19-11-12-20(23)27(19)21(28)10-6-14-26-15-7-13-25-26/h3-5,7-9,13,15,19-20H,2,6,10-12,14,16-17H2,1H3,(H,24,29)/t19-,20+,23+/m0/s1. The van der Waals surface area contributed by atoms with Crippen LogP contribution in [0.4, 0.5) is 0 Å². The molecule has 3 heterocycles. The molecule has 0 aliphatic carbocycles. The monoisotopic (exact) mass is 394 g/mol. The third-order valence-corrected chi connectivity index (χ3v) is 6.74. The zero-order valence-electron chi connectivity index (χ0n) is 17.1. The Morgan fingerprint density at radius 3 is 2.76 bits per heavy atom. The largest absolute Gasteiger partial charge is 0.351 e. The maximum absolute atomic E-state index is 13.2. The number of nitrogens with zero attached hydrogens (tertiary/aromatic N) is 3. The molecular weight excluding hydrogens is 364 g/mol. The van der Waals surface area contributed by atoms with E-state index in [1.54, 1.807) is 6.20 Å². The highest BCUT2D eigenvalue weighted by molar-refractivity contribution is 5.87. The highest BCUT2D eigenvalue weighted by atomic mass is 16.2. The van der Waals surface area contributed by atoms with Crippen LogP contribution >= 0.6 is 0 Å². The molecule has 2 fully saturated rings. The first-order chi connectivity index (χ1) is 14.1. The van der Waals surface area contributed by atoms with Gasteiger partial charge in [-0.25, -0.2) is 0 Å². The van der Waals surface area contributed by atoms with Crippen LogP contribution < -0.4 is 5.32 Å². The molecule has 2 saturated heterocycles. The Hall–Kier alpha value is -2.63. The van der Waals surface area contributed by atoms with E-state index in [0.717, 1.165) is 44.2 Å². The summed E-state index contributed by atoms with van der Waals surface area (Å²) in [6.07, 6.45) is 8.47. The number of aromatic nitrogens is 2. The highest BCUT2D eigenvalue weighted by Crippen LogP contribution is 2.52. The topological polar surface area (TPSA) is 67.2 Å². The minimum atomic E-state index is -0.449. The van der Waals surface area contributed by atoms with Crippen LogP contribution in [0.3, 0.4) is 0 Å². The molecular formula is C23H30N4O2. The van der Waals surface area contributed by atoms with Gasteiger partial charge in [-0.3, -0.25) is 14.3 Å². The second-order valence-electron chi connectivity index (χ2n) is 8.30. The van der Waals surface area contributed by atoms with Gasteiger partial charge >= 0.3 is 0 Å². The van der Waals surface area contributed by atoms with Crippen molar-refractivity contribution in [1.82, 2.24) is 20.0 Å². The number of hydrogen-bond acceptors (Lipinski definition) is 3. The second-order valence-corrected chi connectivity index (χ2v) is 8.30. The number of fused-ring (bicyclic) bond motifs is 2. The molecule has 6 nitrogen and oxygen atoms in total. The van der Waals surface area contributed by atoms with Crippen molar-refractivity contribution in [2.45, 2.75) is 70.6 Å². The van der Waals surface area contributed by atoms with Crippen molar-refractivity contribution < 1.29 is 9.59 Å². The quantitative estimate of drug-likeness (QED) is 0.748. The lowest BCUT2D eigenvalue weighted by Crippen LogP contribution is -2.49. The van der Waals surface area contributed by atoms with Gasteiger partial charge in [-0.15, -0.1) is 0 Å². The zero-order chi connectivity index (χ0) is 20.3. The Balaban J connectivity index is 1.38. The van der Waals surface area contributed by atoms with Crippen LogP contribution in [0, 0.1) is 5.41 Å². The van der Waals surface area contributed by atoms with Crippen molar-refractivity contribution in [2.75, 3.05) is 0 Å². The normalized spacial score (nSPS) is 25.3. The Kier molecular flexibility index (Phi) is 5.69. The van der Waals surface area contributed by atoms with Crippen LogP contribution in [0.25, 0.3) is 0 Å². The van der Waals surface area contributed by atoms with Crippen molar-refractivity contribution in [1.29, 1.82) is 0 Å². The maximum Gasteiger partial charge on any atom is 0.228 e. The first kappa shape index (κ1) is 19.7. The van der Waals surface area contributed by atoms with E-state index in [-0.39, 0.29) is 23.9 Å². The van der Waals surface area contributed by atoms with E-state index in [4.69, 9.17) is 0 Å². The number of hydrogen-bond donors (Lipinski definition) is 1. The summed E-state index contributed by atoms with van der Waals surface area (Å²) in [5.74, 6) is 0.293. The Morgan fingerprint density at radius 2 is 2.03 bits per heavy atom. The van der Waals surface area contributed by atoms with Crippen LogP contribution in [0.1, 0.15) is 51.0 Å². The summed E-state index contributed by atoms with van der Waals surface area (Å²) in [6, 6.07) is 12.1. The van der Waals surface area contributed by atoms with Crippen LogP contribution in [0.15, 0.2) is 48.8 Å². The van der Waals surface area contributed by atoms with Crippen molar-refractivity contribution in [3.05, 3.63) is 54.4 Å². The average molecular weight is 395 g/mol. The Labute approximate surface area is 172 Å². The predicted octanol–water partition coefficient (Wildman–Crippen LogP) is 3.14. The van der Waals surface area contributed by atoms with E-state index in [2.05, 4.69) is 22.2 Å². The zero-order valence-corrected chi connectivity index (χ0v) is 17.1. The van der Waals surface area contributed by atoms with Gasteiger partial charge in [0.1, 0.15) is 0 Å². The molecule has 0 unspecified atom stereocenters. The lowest BCUT2D eigenvalue weighted by molar-refractivity contribution is -0.137. The van der Waals surface area contributed by atoms with Gasteiger partial charge in [0.05, 0.1) is 5.41 Å². The van der Waals surface area contributed by atoms with Gasteiger partial charge in [0.25, 0.3) is 0 Å². The molecule has 2 aromatic rings. The van der Waals surface area contributed by atoms with Gasteiger partial charge in [0, 0.05) is 44.0 Å². The minimum Gasteiger partial charge on any atom is -0.351 e. The molecule has 2 aliphatic rings. The van der Waals surface area contributed by atoms with E-state index < -0.39 is 5.41 Å². The van der Waals surface area contributed by atoms with Crippen LogP contribution in [-0.2, 0) is 22.7 Å². The number of nitrogens with one attached hydrogen (secondary N) is 1. The van der Waals surface area contributed by atoms with Crippen LogP contribution in [0.5, 0.6) is 0 Å². The van der Waals surface area contributed by atoms with Gasteiger partial charge < -0.3 is 10.2 Å². The number of carbonyl (C=O) groups is 2. The molecule has 0 saturated carbocycles. The van der Waals surface area contributed by atoms with Crippen molar-refractivity contribution in [2.24, 2.45) is 5.41 Å². The lowest BCUT2D eigenvalue weighted by atomic mass is 9.71. The minimum absolute atomic E-state index is 0.0328. The Morgan fingerprint density at radius 1 is 1.21 bits per heavy atom. The fraction of sp³-hybridized carbons (Fsp3) is 0.522. The Bertz CT molecular complexity index is 836. The van der Waals surface area contributed by atoms with Crippen LogP contribution in [0.2, 0.25) is 0 Å². The van der Waals surface area contributed by atoms with Gasteiger partial charge in [-0.05, 0) is 43.7 Å². The number of amides is 2. The van der Waals surface area contributed by atoms with Gasteiger partial charge in [-0.1, -0.05) is 37.3 Å². The summed E-state index contributed by atoms with van der Waals surface area (Å²) >= 11 is 0. The fourth-order valence-electron chi connectivity index (χ4n) is 5.25. The summed E-state index contributed by atoms with van der Waals surface area (Å²) in [5, 5.41) is 7.35. The molecule has 2 bridgehead atoms. The average Bonchev–Trinajstić information content (AvgIpc) is 3.48. The molecule has 0 radical (unpaired) electrons. The van der Waals surface area contributed by atoms with Gasteiger partial charge in [-0.2, -0.15) is 5.10 Å². The third kappa shape index (κ3) is 3.80. The number of benzene rings is 1. The van der Waals surface area contributed by atoms with E-state index >= 15 is 0 Å². The molecule has 29 heavy (non-hydrogen) atoms. The summed E-state index contributed by atoms with van der Waals surface area (Å²) in [6.45, 7) is 3.37. The maximum atomic E-state index is 13.2. The molecule has 6 heteroatoms. The molecule has 3 atom stereocenters. The second kappa shape index (κ2) is 8.39. The van der Waals surface area contributed by atoms with Gasteiger partial charge in [0.15, 0.2) is 0 Å². The van der Waals surface area contributed by atoms with Crippen molar-refractivity contribution in [3.63, 3.8) is 0 Å². The first-order valence-electron chi connectivity index (χ1n) is 10.7. The van der Waals surface area contributed by atoms with E-state index in [0.29, 0.717) is 13.0 Å². The molecule has 2 amide bonds. The number of rotatable bonds is 8. The molecule has 1 N–H and O–H groups in total. The summed E-state index contributed by atoms with van der Waals surface area (Å²) in [7, 11) is 0.